The summed E-state index contributed by atoms with van der Waals surface area (Å²) < 4.78 is 4.76. The summed E-state index contributed by atoms with van der Waals surface area (Å²) in [5.41, 5.74) is 18.5. The Labute approximate surface area is 428 Å². The number of hydrogen-bond donors (Lipinski definition) is 0. The van der Waals surface area contributed by atoms with Crippen molar-refractivity contribution in [1.29, 1.82) is 0 Å². The lowest BCUT2D eigenvalue weighted by Gasteiger charge is -2.19. The highest BCUT2D eigenvalue weighted by atomic mass is 15.2. The van der Waals surface area contributed by atoms with Crippen LogP contribution in [0.15, 0.2) is 273 Å². The van der Waals surface area contributed by atoms with Crippen LogP contribution >= 0.6 is 0 Å². The monoisotopic (exact) mass is 943 g/mol. The van der Waals surface area contributed by atoms with Crippen molar-refractivity contribution in [2.24, 2.45) is 0 Å². The lowest BCUT2D eigenvalue weighted by molar-refractivity contribution is 0.953. The second-order valence-electron chi connectivity index (χ2n) is 18.7. The summed E-state index contributed by atoms with van der Waals surface area (Å²) in [6.45, 7) is 0. The van der Waals surface area contributed by atoms with Crippen molar-refractivity contribution in [3.63, 3.8) is 0 Å². The molecule has 0 N–H and O–H groups in total. The van der Waals surface area contributed by atoms with Gasteiger partial charge in [-0.05, 0) is 80.4 Å². The summed E-state index contributed by atoms with van der Waals surface area (Å²) in [5.74, 6) is 1.71. The second-order valence-corrected chi connectivity index (χ2v) is 18.7. The molecule has 14 aromatic rings. The molecule has 0 radical (unpaired) electrons. The number of nitrogens with zero attached hydrogens (tertiary/aromatic N) is 5. The summed E-state index contributed by atoms with van der Waals surface area (Å²) in [6.07, 6.45) is 0. The van der Waals surface area contributed by atoms with Crippen LogP contribution in [0.1, 0.15) is 0 Å². The first-order valence-corrected chi connectivity index (χ1v) is 25.1. The van der Waals surface area contributed by atoms with Gasteiger partial charge in [-0.15, -0.1) is 0 Å². The molecular formula is C69H45N5. The first kappa shape index (κ1) is 42.9. The molecule has 5 nitrogen and oxygen atoms in total. The number of aromatic nitrogens is 5. The van der Waals surface area contributed by atoms with E-state index in [-0.39, 0.29) is 0 Å². The van der Waals surface area contributed by atoms with Gasteiger partial charge in [-0.25, -0.2) is 4.98 Å². The van der Waals surface area contributed by atoms with Gasteiger partial charge in [-0.2, -0.15) is 9.97 Å². The predicted octanol–water partition coefficient (Wildman–Crippen LogP) is 17.7. The Balaban J connectivity index is 1.05. The molecule has 14 rings (SSSR count). The van der Waals surface area contributed by atoms with Gasteiger partial charge in [0.1, 0.15) is 0 Å². The Morgan fingerprint density at radius 2 is 0.662 bits per heavy atom. The quantitative estimate of drug-likeness (QED) is 0.145. The molecule has 5 heteroatoms. The van der Waals surface area contributed by atoms with Crippen LogP contribution in [0, 0.1) is 0 Å². The Bertz CT molecular complexity index is 4390. The average molecular weight is 944 g/mol. The van der Waals surface area contributed by atoms with Gasteiger partial charge < -0.3 is 4.57 Å². The molecule has 0 aliphatic heterocycles. The SMILES string of the molecule is c1ccc(-c2ccc(-c3nc(-c4cccc(-c5ccccc5)c4)nc(-n4c5ccccc5c5ccc6c7ccccc7n(-c7ccccc7-c7ccc(-c8ccccc8)cc7-c7ccccc7)c6c54)n3)cc2)cc1. The molecule has 0 aliphatic carbocycles. The van der Waals surface area contributed by atoms with Gasteiger partial charge in [0, 0.05) is 38.2 Å². The van der Waals surface area contributed by atoms with E-state index < -0.39 is 0 Å². The highest BCUT2D eigenvalue weighted by Crippen LogP contribution is 2.45. The van der Waals surface area contributed by atoms with Gasteiger partial charge >= 0.3 is 0 Å². The van der Waals surface area contributed by atoms with Gasteiger partial charge in [0.2, 0.25) is 5.95 Å². The molecule has 0 aliphatic rings. The van der Waals surface area contributed by atoms with Crippen molar-refractivity contribution in [1.82, 2.24) is 24.1 Å². The fourth-order valence-electron chi connectivity index (χ4n) is 10.9. The third-order valence-corrected chi connectivity index (χ3v) is 14.4. The van der Waals surface area contributed by atoms with Crippen LogP contribution in [0.4, 0.5) is 0 Å². The fraction of sp³-hybridized carbons (Fsp3) is 0. The molecule has 11 aromatic carbocycles. The van der Waals surface area contributed by atoms with E-state index >= 15 is 0 Å². The molecule has 0 amide bonds. The Hall–Kier alpha value is -9.97. The Morgan fingerprint density at radius 3 is 1.30 bits per heavy atom. The number of para-hydroxylation sites is 3. The van der Waals surface area contributed by atoms with Crippen molar-refractivity contribution in [3.05, 3.63) is 273 Å². The molecule has 74 heavy (non-hydrogen) atoms. The maximum atomic E-state index is 5.51. The lowest BCUT2D eigenvalue weighted by atomic mass is 9.90. The molecule has 0 spiro atoms. The molecule has 0 saturated carbocycles. The zero-order valence-electron chi connectivity index (χ0n) is 40.2. The van der Waals surface area contributed by atoms with Gasteiger partial charge in [0.05, 0.1) is 27.8 Å². The summed E-state index contributed by atoms with van der Waals surface area (Å²) in [6, 6.07) is 97.2. The van der Waals surface area contributed by atoms with E-state index in [0.717, 1.165) is 105 Å². The first-order valence-electron chi connectivity index (χ1n) is 25.1. The largest absolute Gasteiger partial charge is 0.307 e. The highest BCUT2D eigenvalue weighted by Gasteiger charge is 2.25. The number of benzene rings is 11. The van der Waals surface area contributed by atoms with Crippen LogP contribution in [0.5, 0.6) is 0 Å². The van der Waals surface area contributed by atoms with E-state index in [1.54, 1.807) is 0 Å². The minimum atomic E-state index is 0.536. The first-order chi connectivity index (χ1) is 36.7. The summed E-state index contributed by atoms with van der Waals surface area (Å²) in [5, 5.41) is 4.51. The van der Waals surface area contributed by atoms with Crippen molar-refractivity contribution in [2.75, 3.05) is 0 Å². The minimum absolute atomic E-state index is 0.536. The molecule has 346 valence electrons. The smallest absolute Gasteiger partial charge is 0.238 e. The lowest BCUT2D eigenvalue weighted by Crippen LogP contribution is -2.07. The van der Waals surface area contributed by atoms with E-state index in [4.69, 9.17) is 15.0 Å². The standard InChI is InChI=1S/C69H45N5/c1-5-20-46(21-6-1)49-36-38-51(39-37-49)67-70-68(54-29-19-28-52(44-54)47-22-7-2-8-23-47)72-69(71-67)74-64-35-18-15-32-58(64)60-43-42-59-57-31-14-17-34-63(57)73(65(59)66(60)74)62-33-16-13-30-56(62)55-41-40-53(48-24-9-3-10-25-48)45-61(55)50-26-11-4-12-27-50/h1-45H. The van der Waals surface area contributed by atoms with Crippen molar-refractivity contribution >= 4 is 43.6 Å². The summed E-state index contributed by atoms with van der Waals surface area (Å²) in [7, 11) is 0. The van der Waals surface area contributed by atoms with E-state index in [1.165, 1.54) is 11.1 Å². The molecule has 0 atom stereocenters. The van der Waals surface area contributed by atoms with Crippen LogP contribution in [-0.4, -0.2) is 24.1 Å². The van der Waals surface area contributed by atoms with Gasteiger partial charge in [-0.3, -0.25) is 4.57 Å². The van der Waals surface area contributed by atoms with Gasteiger partial charge in [-0.1, -0.05) is 243 Å². The third kappa shape index (κ3) is 7.37. The zero-order chi connectivity index (χ0) is 49.0. The zero-order valence-corrected chi connectivity index (χ0v) is 40.2. The van der Waals surface area contributed by atoms with Crippen molar-refractivity contribution in [2.45, 2.75) is 0 Å². The van der Waals surface area contributed by atoms with E-state index in [0.29, 0.717) is 17.6 Å². The van der Waals surface area contributed by atoms with Gasteiger partial charge in [0.15, 0.2) is 11.6 Å². The molecule has 0 saturated heterocycles. The molecule has 3 aromatic heterocycles. The Kier molecular flexibility index (Phi) is 10.4. The summed E-state index contributed by atoms with van der Waals surface area (Å²) in [4.78, 5) is 16.3. The van der Waals surface area contributed by atoms with Crippen LogP contribution in [0.25, 0.3) is 134 Å². The predicted molar refractivity (Wildman–Crippen MR) is 307 cm³/mol. The normalized spacial score (nSPS) is 11.5. The number of hydrogen-bond acceptors (Lipinski definition) is 3. The van der Waals surface area contributed by atoms with Crippen LogP contribution in [-0.2, 0) is 0 Å². The van der Waals surface area contributed by atoms with Crippen molar-refractivity contribution in [3.8, 4) is 90.0 Å². The molecular weight excluding hydrogens is 899 g/mol. The topological polar surface area (TPSA) is 48.5 Å². The fourth-order valence-corrected chi connectivity index (χ4v) is 10.9. The van der Waals surface area contributed by atoms with E-state index in [2.05, 4.69) is 270 Å². The van der Waals surface area contributed by atoms with E-state index in [1.807, 2.05) is 12.1 Å². The number of fused-ring (bicyclic) bond motifs is 7. The second kappa shape index (κ2) is 18.0. The summed E-state index contributed by atoms with van der Waals surface area (Å²) >= 11 is 0. The molecule has 0 unspecified atom stereocenters. The molecule has 3 heterocycles. The number of rotatable bonds is 9. The van der Waals surface area contributed by atoms with E-state index in [9.17, 15) is 0 Å². The molecule has 0 bridgehead atoms. The third-order valence-electron chi connectivity index (χ3n) is 14.4. The molecule has 0 fully saturated rings. The van der Waals surface area contributed by atoms with Crippen LogP contribution in [0.2, 0.25) is 0 Å². The maximum absolute atomic E-state index is 5.51. The minimum Gasteiger partial charge on any atom is -0.307 e. The highest BCUT2D eigenvalue weighted by molar-refractivity contribution is 6.24. The Morgan fingerprint density at radius 1 is 0.230 bits per heavy atom. The average Bonchev–Trinajstić information content (AvgIpc) is 4.07. The van der Waals surface area contributed by atoms with Crippen molar-refractivity contribution < 1.29 is 0 Å². The van der Waals surface area contributed by atoms with Crippen LogP contribution < -0.4 is 0 Å². The maximum Gasteiger partial charge on any atom is 0.238 e. The van der Waals surface area contributed by atoms with Gasteiger partial charge in [0.25, 0.3) is 0 Å². The van der Waals surface area contributed by atoms with Crippen LogP contribution in [0.3, 0.4) is 0 Å².